The van der Waals surface area contributed by atoms with Gasteiger partial charge in [0.05, 0.1) is 38.3 Å². The van der Waals surface area contributed by atoms with E-state index in [-0.39, 0.29) is 12.5 Å². The summed E-state index contributed by atoms with van der Waals surface area (Å²) in [5.41, 5.74) is 3.81. The summed E-state index contributed by atoms with van der Waals surface area (Å²) in [6.45, 7) is 2.61. The van der Waals surface area contributed by atoms with E-state index >= 15 is 0 Å². The fraction of sp³-hybridized carbons (Fsp3) is 0.348. The molecule has 0 aliphatic carbocycles. The molecule has 8 nitrogen and oxygen atoms in total. The second-order valence-corrected chi connectivity index (χ2v) is 6.91. The highest BCUT2D eigenvalue weighted by atomic mass is 16.5. The van der Waals surface area contributed by atoms with Crippen molar-refractivity contribution >= 4 is 5.91 Å². The molecule has 0 atom stereocenters. The second-order valence-electron chi connectivity index (χ2n) is 6.91. The van der Waals surface area contributed by atoms with Crippen LogP contribution in [0.1, 0.15) is 11.1 Å². The summed E-state index contributed by atoms with van der Waals surface area (Å²) in [5, 5.41) is 7.24. The number of amides is 1. The average molecular weight is 425 g/mol. The van der Waals surface area contributed by atoms with Crippen LogP contribution in [-0.2, 0) is 32.1 Å². The Bertz CT molecular complexity index is 902. The van der Waals surface area contributed by atoms with Crippen molar-refractivity contribution < 1.29 is 19.0 Å². The lowest BCUT2D eigenvalue weighted by Crippen LogP contribution is -2.33. The largest absolute Gasteiger partial charge is 0.382 e. The molecule has 0 saturated heterocycles. The molecule has 0 fully saturated rings. The maximum Gasteiger partial charge on any atom is 0.249 e. The number of ether oxygens (including phenoxy) is 3. The van der Waals surface area contributed by atoms with Crippen LogP contribution in [0, 0.1) is 0 Å². The van der Waals surface area contributed by atoms with Crippen molar-refractivity contribution in [1.29, 1.82) is 0 Å². The number of methoxy groups -OCH3 is 1. The van der Waals surface area contributed by atoms with Crippen molar-refractivity contribution in [1.82, 2.24) is 20.1 Å². The average Bonchev–Trinajstić information content (AvgIpc) is 3.27. The lowest BCUT2D eigenvalue weighted by Gasteiger charge is -2.23. The van der Waals surface area contributed by atoms with Crippen LogP contribution in [0.5, 0.6) is 0 Å². The zero-order valence-electron chi connectivity index (χ0n) is 17.7. The Morgan fingerprint density at radius 3 is 2.55 bits per heavy atom. The van der Waals surface area contributed by atoms with Crippen LogP contribution in [0.25, 0.3) is 11.3 Å². The summed E-state index contributed by atoms with van der Waals surface area (Å²) in [6.07, 6.45) is 5.24. The standard InChI is InChI=1S/C23H28N4O4/c1-29-10-11-30-12-13-31-18-22(28)27(16-19-6-5-9-24-14-19)17-21-15-25-26-23(21)20-7-3-2-4-8-20/h2-9,14-15H,10-13,16-18H2,1H3,(H,25,26). The number of carbonyl (C=O) groups is 1. The van der Waals surface area contributed by atoms with E-state index in [4.69, 9.17) is 14.2 Å². The molecule has 0 unspecified atom stereocenters. The molecule has 2 aromatic heterocycles. The molecule has 0 spiro atoms. The van der Waals surface area contributed by atoms with Gasteiger partial charge in [0.15, 0.2) is 0 Å². The maximum atomic E-state index is 12.9. The van der Waals surface area contributed by atoms with Crippen molar-refractivity contribution in [3.05, 3.63) is 72.2 Å². The Kier molecular flexibility index (Phi) is 9.18. The lowest BCUT2D eigenvalue weighted by molar-refractivity contribution is -0.138. The van der Waals surface area contributed by atoms with Crippen LogP contribution in [0.3, 0.4) is 0 Å². The molecule has 8 heteroatoms. The molecule has 3 rings (SSSR count). The SMILES string of the molecule is COCCOCCOCC(=O)N(Cc1cccnc1)Cc1cn[nH]c1-c1ccccc1. The highest BCUT2D eigenvalue weighted by Gasteiger charge is 2.18. The zero-order valence-corrected chi connectivity index (χ0v) is 17.7. The van der Waals surface area contributed by atoms with Gasteiger partial charge in [0.1, 0.15) is 6.61 Å². The summed E-state index contributed by atoms with van der Waals surface area (Å²) < 4.78 is 15.8. The number of hydrogen-bond acceptors (Lipinski definition) is 6. The molecule has 2 heterocycles. The molecule has 164 valence electrons. The normalized spacial score (nSPS) is 10.9. The number of aromatic amines is 1. The number of nitrogens with zero attached hydrogens (tertiary/aromatic N) is 3. The van der Waals surface area contributed by atoms with Gasteiger partial charge in [-0.2, -0.15) is 5.10 Å². The minimum Gasteiger partial charge on any atom is -0.382 e. The van der Waals surface area contributed by atoms with Crippen molar-refractivity contribution in [2.45, 2.75) is 13.1 Å². The predicted molar refractivity (Wildman–Crippen MR) is 116 cm³/mol. The Labute approximate surface area is 182 Å². The minimum atomic E-state index is -0.110. The van der Waals surface area contributed by atoms with Gasteiger partial charge in [-0.3, -0.25) is 14.9 Å². The summed E-state index contributed by atoms with van der Waals surface area (Å²) in [5.74, 6) is -0.110. The zero-order chi connectivity index (χ0) is 21.7. The number of benzene rings is 1. The fourth-order valence-electron chi connectivity index (χ4n) is 3.05. The number of rotatable bonds is 13. The first kappa shape index (κ1) is 22.6. The van der Waals surface area contributed by atoms with Crippen molar-refractivity contribution in [2.75, 3.05) is 40.1 Å². The minimum absolute atomic E-state index is 0.0214. The predicted octanol–water partition coefficient (Wildman–Crippen LogP) is 2.68. The molecule has 0 saturated carbocycles. The first-order chi connectivity index (χ1) is 15.3. The van der Waals surface area contributed by atoms with Gasteiger partial charge < -0.3 is 19.1 Å². The van der Waals surface area contributed by atoms with Gasteiger partial charge in [-0.05, 0) is 17.2 Å². The molecular formula is C23H28N4O4. The van der Waals surface area contributed by atoms with Gasteiger partial charge in [0.2, 0.25) is 5.91 Å². The number of aromatic nitrogens is 3. The van der Waals surface area contributed by atoms with E-state index in [0.29, 0.717) is 39.5 Å². The Morgan fingerprint density at radius 2 is 1.77 bits per heavy atom. The van der Waals surface area contributed by atoms with Crippen LogP contribution >= 0.6 is 0 Å². The fourth-order valence-corrected chi connectivity index (χ4v) is 3.05. The Balaban J connectivity index is 1.63. The van der Waals surface area contributed by atoms with Gasteiger partial charge in [0, 0.05) is 38.2 Å². The van der Waals surface area contributed by atoms with Crippen molar-refractivity contribution in [2.24, 2.45) is 0 Å². The third kappa shape index (κ3) is 7.29. The van der Waals surface area contributed by atoms with E-state index in [9.17, 15) is 4.79 Å². The monoisotopic (exact) mass is 424 g/mol. The van der Waals surface area contributed by atoms with Gasteiger partial charge in [-0.1, -0.05) is 36.4 Å². The number of nitrogens with one attached hydrogen (secondary N) is 1. The van der Waals surface area contributed by atoms with E-state index in [1.807, 2.05) is 42.5 Å². The van der Waals surface area contributed by atoms with Crippen LogP contribution in [-0.4, -0.2) is 66.1 Å². The first-order valence-electron chi connectivity index (χ1n) is 10.2. The van der Waals surface area contributed by atoms with Crippen LogP contribution in [0.15, 0.2) is 61.1 Å². The third-order valence-corrected chi connectivity index (χ3v) is 4.62. The highest BCUT2D eigenvalue weighted by molar-refractivity contribution is 5.77. The molecular weight excluding hydrogens is 396 g/mol. The highest BCUT2D eigenvalue weighted by Crippen LogP contribution is 2.22. The molecule has 3 aromatic rings. The van der Waals surface area contributed by atoms with Crippen LogP contribution in [0.2, 0.25) is 0 Å². The molecule has 1 aromatic carbocycles. The molecule has 0 radical (unpaired) electrons. The molecule has 31 heavy (non-hydrogen) atoms. The van der Waals surface area contributed by atoms with E-state index in [0.717, 1.165) is 22.4 Å². The van der Waals surface area contributed by atoms with E-state index in [1.165, 1.54) is 0 Å². The van der Waals surface area contributed by atoms with E-state index < -0.39 is 0 Å². The number of hydrogen-bond donors (Lipinski definition) is 1. The Hall–Kier alpha value is -3.07. The van der Waals surface area contributed by atoms with E-state index in [1.54, 1.807) is 30.6 Å². The molecule has 0 aliphatic rings. The van der Waals surface area contributed by atoms with Crippen molar-refractivity contribution in [3.63, 3.8) is 0 Å². The summed E-state index contributed by atoms with van der Waals surface area (Å²) in [4.78, 5) is 18.9. The first-order valence-corrected chi connectivity index (χ1v) is 10.2. The maximum absolute atomic E-state index is 12.9. The van der Waals surface area contributed by atoms with Crippen molar-refractivity contribution in [3.8, 4) is 11.3 Å². The summed E-state index contributed by atoms with van der Waals surface area (Å²) >= 11 is 0. The summed E-state index contributed by atoms with van der Waals surface area (Å²) in [7, 11) is 1.62. The smallest absolute Gasteiger partial charge is 0.249 e. The van der Waals surface area contributed by atoms with Crippen LogP contribution < -0.4 is 0 Å². The molecule has 0 bridgehead atoms. The molecule has 0 aliphatic heterocycles. The van der Waals surface area contributed by atoms with Gasteiger partial charge in [-0.15, -0.1) is 0 Å². The topological polar surface area (TPSA) is 89.6 Å². The summed E-state index contributed by atoms with van der Waals surface area (Å²) in [6, 6.07) is 13.7. The van der Waals surface area contributed by atoms with Gasteiger partial charge in [-0.25, -0.2) is 0 Å². The quantitative estimate of drug-likeness (QED) is 0.425. The van der Waals surface area contributed by atoms with Crippen LogP contribution in [0.4, 0.5) is 0 Å². The van der Waals surface area contributed by atoms with E-state index in [2.05, 4.69) is 15.2 Å². The number of pyridine rings is 1. The lowest BCUT2D eigenvalue weighted by atomic mass is 10.1. The molecule has 1 amide bonds. The number of carbonyl (C=O) groups excluding carboxylic acids is 1. The Morgan fingerprint density at radius 1 is 0.968 bits per heavy atom. The third-order valence-electron chi connectivity index (χ3n) is 4.62. The van der Waals surface area contributed by atoms with Gasteiger partial charge >= 0.3 is 0 Å². The number of H-pyrrole nitrogens is 1. The molecule has 1 N–H and O–H groups in total. The van der Waals surface area contributed by atoms with Gasteiger partial charge in [0.25, 0.3) is 0 Å². The second kappa shape index (κ2) is 12.6.